The van der Waals surface area contributed by atoms with Gasteiger partial charge in [-0.25, -0.2) is 0 Å². The summed E-state index contributed by atoms with van der Waals surface area (Å²) in [4.78, 5) is 31.3. The number of pyridine rings is 1. The van der Waals surface area contributed by atoms with Crippen LogP contribution in [0.5, 0.6) is 5.75 Å². The van der Waals surface area contributed by atoms with Gasteiger partial charge in [0.1, 0.15) is 23.3 Å². The molecule has 0 saturated carbocycles. The zero-order chi connectivity index (χ0) is 21.3. The average molecular weight is 404 g/mol. The lowest BCUT2D eigenvalue weighted by atomic mass is 9.98. The summed E-state index contributed by atoms with van der Waals surface area (Å²) in [5, 5.41) is 11.0. The van der Waals surface area contributed by atoms with Gasteiger partial charge in [-0.2, -0.15) is 0 Å². The first kappa shape index (κ1) is 19.4. The standard InChI is InChI=1S/C23H20N2O5/c1-14-11-16(7-8-17(14)29-2)21(26)19-20(18-6-4-10-30-18)25(23(28)22(19)27)13-15-5-3-9-24-12-15/h3-12,20,26H,13H2,1-2H3/b21-19-. The van der Waals surface area contributed by atoms with Crippen LogP contribution in [0.4, 0.5) is 0 Å². The third kappa shape index (κ3) is 3.34. The van der Waals surface area contributed by atoms with E-state index in [0.29, 0.717) is 17.1 Å². The summed E-state index contributed by atoms with van der Waals surface area (Å²) < 4.78 is 10.8. The third-order valence-electron chi connectivity index (χ3n) is 5.10. The van der Waals surface area contributed by atoms with Crippen molar-refractivity contribution in [2.45, 2.75) is 19.5 Å². The number of hydrogen-bond acceptors (Lipinski definition) is 6. The molecule has 1 atom stereocenters. The van der Waals surface area contributed by atoms with E-state index >= 15 is 0 Å². The number of ether oxygens (including phenoxy) is 1. The van der Waals surface area contributed by atoms with E-state index in [1.54, 1.807) is 55.9 Å². The van der Waals surface area contributed by atoms with Gasteiger partial charge in [-0.15, -0.1) is 0 Å². The molecule has 3 aromatic rings. The van der Waals surface area contributed by atoms with Gasteiger partial charge in [0, 0.05) is 24.5 Å². The topological polar surface area (TPSA) is 92.9 Å². The third-order valence-corrected chi connectivity index (χ3v) is 5.10. The number of rotatable bonds is 5. The minimum Gasteiger partial charge on any atom is -0.507 e. The molecule has 0 aliphatic carbocycles. The van der Waals surface area contributed by atoms with Crippen molar-refractivity contribution >= 4 is 17.4 Å². The van der Waals surface area contributed by atoms with E-state index in [2.05, 4.69) is 4.98 Å². The van der Waals surface area contributed by atoms with Gasteiger partial charge in [-0.05, 0) is 54.4 Å². The number of amides is 1. The molecule has 1 aliphatic rings. The van der Waals surface area contributed by atoms with E-state index in [1.165, 1.54) is 11.2 Å². The number of aryl methyl sites for hydroxylation is 1. The SMILES string of the molecule is COc1ccc(/C(O)=C2/C(=O)C(=O)N(Cc3cccnc3)C2c2ccco2)cc1C. The predicted molar refractivity (Wildman–Crippen MR) is 109 cm³/mol. The van der Waals surface area contributed by atoms with E-state index in [0.717, 1.165) is 11.1 Å². The first-order valence-electron chi connectivity index (χ1n) is 9.37. The van der Waals surface area contributed by atoms with Crippen LogP contribution in [-0.4, -0.2) is 33.8 Å². The maximum absolute atomic E-state index is 12.9. The molecule has 7 heteroatoms. The van der Waals surface area contributed by atoms with Crippen molar-refractivity contribution < 1.29 is 23.8 Å². The van der Waals surface area contributed by atoms with Crippen LogP contribution in [0.25, 0.3) is 5.76 Å². The summed E-state index contributed by atoms with van der Waals surface area (Å²) in [5.41, 5.74) is 1.96. The summed E-state index contributed by atoms with van der Waals surface area (Å²) >= 11 is 0. The molecule has 2 aromatic heterocycles. The smallest absolute Gasteiger partial charge is 0.296 e. The second-order valence-corrected chi connectivity index (χ2v) is 6.99. The van der Waals surface area contributed by atoms with Crippen molar-refractivity contribution in [2.75, 3.05) is 7.11 Å². The Balaban J connectivity index is 1.83. The number of carbonyl (C=O) groups is 2. The number of aromatic nitrogens is 1. The molecule has 1 saturated heterocycles. The van der Waals surface area contributed by atoms with Crippen LogP contribution in [0.2, 0.25) is 0 Å². The number of aliphatic hydroxyl groups is 1. The Labute approximate surface area is 173 Å². The maximum Gasteiger partial charge on any atom is 0.296 e. The van der Waals surface area contributed by atoms with Gasteiger partial charge in [0.2, 0.25) is 0 Å². The Morgan fingerprint density at radius 3 is 2.70 bits per heavy atom. The number of carbonyl (C=O) groups excluding carboxylic acids is 2. The lowest BCUT2D eigenvalue weighted by Gasteiger charge is -2.23. The van der Waals surface area contributed by atoms with Crippen molar-refractivity contribution in [1.29, 1.82) is 0 Å². The lowest BCUT2D eigenvalue weighted by Crippen LogP contribution is -2.29. The van der Waals surface area contributed by atoms with Gasteiger partial charge < -0.3 is 19.2 Å². The van der Waals surface area contributed by atoms with Gasteiger partial charge in [0.05, 0.1) is 18.9 Å². The number of Topliss-reactive ketones (excluding diaryl/α,β-unsaturated/α-hetero) is 1. The fraction of sp³-hybridized carbons (Fsp3) is 0.174. The summed E-state index contributed by atoms with van der Waals surface area (Å²) in [6.45, 7) is 1.99. The zero-order valence-corrected chi connectivity index (χ0v) is 16.5. The van der Waals surface area contributed by atoms with Crippen LogP contribution >= 0.6 is 0 Å². The number of nitrogens with zero attached hydrogens (tertiary/aromatic N) is 2. The summed E-state index contributed by atoms with van der Waals surface area (Å²) in [6, 6.07) is 11.2. The normalized spacial score (nSPS) is 18.1. The van der Waals surface area contributed by atoms with Crippen LogP contribution in [0.1, 0.15) is 28.5 Å². The van der Waals surface area contributed by atoms with Crippen molar-refractivity contribution in [3.05, 3.63) is 89.1 Å². The van der Waals surface area contributed by atoms with E-state index in [-0.39, 0.29) is 17.9 Å². The molecule has 3 heterocycles. The number of ketones is 1. The predicted octanol–water partition coefficient (Wildman–Crippen LogP) is 3.61. The average Bonchev–Trinajstić information content (AvgIpc) is 3.37. The first-order valence-corrected chi connectivity index (χ1v) is 9.37. The molecule has 1 aromatic carbocycles. The molecule has 4 rings (SSSR count). The second-order valence-electron chi connectivity index (χ2n) is 6.99. The minimum absolute atomic E-state index is 0.0107. The minimum atomic E-state index is -0.845. The quantitative estimate of drug-likeness (QED) is 0.397. The highest BCUT2D eigenvalue weighted by Crippen LogP contribution is 2.40. The Hall–Kier alpha value is -3.87. The molecule has 1 aliphatic heterocycles. The van der Waals surface area contributed by atoms with E-state index in [1.807, 2.05) is 13.0 Å². The number of hydrogen-bond donors (Lipinski definition) is 1. The van der Waals surface area contributed by atoms with E-state index < -0.39 is 17.7 Å². The van der Waals surface area contributed by atoms with Gasteiger partial charge in [0.15, 0.2) is 0 Å². The van der Waals surface area contributed by atoms with Crippen LogP contribution in [0.15, 0.2) is 71.1 Å². The molecule has 0 radical (unpaired) electrons. The zero-order valence-electron chi connectivity index (χ0n) is 16.5. The monoisotopic (exact) mass is 404 g/mol. The fourth-order valence-electron chi connectivity index (χ4n) is 3.66. The molecule has 30 heavy (non-hydrogen) atoms. The summed E-state index contributed by atoms with van der Waals surface area (Å²) in [6.07, 6.45) is 4.73. The number of methoxy groups -OCH3 is 1. The molecule has 0 spiro atoms. The van der Waals surface area contributed by atoms with Crippen LogP contribution < -0.4 is 4.74 Å². The molecular formula is C23H20N2O5. The number of aliphatic hydroxyl groups excluding tert-OH is 1. The van der Waals surface area contributed by atoms with E-state index in [9.17, 15) is 14.7 Å². The van der Waals surface area contributed by atoms with Crippen LogP contribution in [0, 0.1) is 6.92 Å². The summed E-state index contributed by atoms with van der Waals surface area (Å²) in [5.74, 6) is -0.663. The number of furan rings is 1. The molecule has 7 nitrogen and oxygen atoms in total. The molecule has 1 unspecified atom stereocenters. The molecule has 1 fully saturated rings. The highest BCUT2D eigenvalue weighted by atomic mass is 16.5. The largest absolute Gasteiger partial charge is 0.507 e. The van der Waals surface area contributed by atoms with Gasteiger partial charge >= 0.3 is 0 Å². The second kappa shape index (κ2) is 7.87. The summed E-state index contributed by atoms with van der Waals surface area (Å²) in [7, 11) is 1.56. The van der Waals surface area contributed by atoms with Crippen molar-refractivity contribution in [1.82, 2.24) is 9.88 Å². The Kier molecular flexibility index (Phi) is 5.10. The Bertz CT molecular complexity index is 1120. The molecular weight excluding hydrogens is 384 g/mol. The van der Waals surface area contributed by atoms with Crippen molar-refractivity contribution in [2.24, 2.45) is 0 Å². The van der Waals surface area contributed by atoms with Crippen molar-refractivity contribution in [3.8, 4) is 5.75 Å². The lowest BCUT2D eigenvalue weighted by molar-refractivity contribution is -0.140. The number of benzene rings is 1. The van der Waals surface area contributed by atoms with Gasteiger partial charge in [0.25, 0.3) is 11.7 Å². The Morgan fingerprint density at radius 1 is 1.23 bits per heavy atom. The van der Waals surface area contributed by atoms with Crippen LogP contribution in [-0.2, 0) is 16.1 Å². The Morgan fingerprint density at radius 2 is 2.07 bits per heavy atom. The first-order chi connectivity index (χ1) is 14.5. The molecule has 0 bridgehead atoms. The molecule has 152 valence electrons. The van der Waals surface area contributed by atoms with E-state index in [4.69, 9.17) is 9.15 Å². The van der Waals surface area contributed by atoms with Gasteiger partial charge in [-0.1, -0.05) is 6.07 Å². The highest BCUT2D eigenvalue weighted by molar-refractivity contribution is 6.46. The molecule has 1 N–H and O–H groups in total. The molecule has 1 amide bonds. The van der Waals surface area contributed by atoms with Crippen molar-refractivity contribution in [3.63, 3.8) is 0 Å². The maximum atomic E-state index is 12.9. The van der Waals surface area contributed by atoms with Gasteiger partial charge in [-0.3, -0.25) is 14.6 Å². The highest BCUT2D eigenvalue weighted by Gasteiger charge is 2.47. The number of likely N-dealkylation sites (tertiary alicyclic amines) is 1. The van der Waals surface area contributed by atoms with Crippen LogP contribution in [0.3, 0.4) is 0 Å². The fourth-order valence-corrected chi connectivity index (χ4v) is 3.66.